The van der Waals surface area contributed by atoms with E-state index in [4.69, 9.17) is 0 Å². The Hall–Kier alpha value is -3.42. The zero-order chi connectivity index (χ0) is 24.8. The first-order chi connectivity index (χ1) is 17.4. The molecule has 6 nitrogen and oxygen atoms in total. The summed E-state index contributed by atoms with van der Waals surface area (Å²) in [4.78, 5) is 59.3. The molecule has 1 N–H and O–H groups in total. The smallest absolute Gasteiger partial charge is 0.237 e. The van der Waals surface area contributed by atoms with Crippen LogP contribution in [-0.2, 0) is 10.2 Å². The van der Waals surface area contributed by atoms with Crippen molar-refractivity contribution in [2.75, 3.05) is 11.9 Å². The van der Waals surface area contributed by atoms with E-state index in [-0.39, 0.29) is 23.3 Å². The highest BCUT2D eigenvalue weighted by Gasteiger charge is 2.80. The minimum atomic E-state index is -1.76. The average Bonchev–Trinajstić information content (AvgIpc) is 3.60. The Bertz CT molecular complexity index is 1480. The van der Waals surface area contributed by atoms with Crippen LogP contribution in [0.15, 0.2) is 77.3 Å². The standard InChI is InChI=1S/C29H21BrN2O4/c30-17-13-11-16(12-14-17)23(33)24-28(20-8-3-4-9-21(20)31-27(28)36)22-10-5-15-32(22)29(24)25(34)18-6-1-2-7-19(18)26(29)35/h1-4,6-9,11-14,22,24H,5,10,15H2,(H,31,36)/t22-,24-,28-/m1/s1. The first kappa shape index (κ1) is 21.8. The molecule has 2 saturated heterocycles. The highest BCUT2D eigenvalue weighted by atomic mass is 79.9. The molecule has 0 bridgehead atoms. The number of carbonyl (C=O) groups is 4. The second kappa shape index (κ2) is 7.31. The Morgan fingerprint density at radius 2 is 1.53 bits per heavy atom. The third-order valence-electron chi connectivity index (χ3n) is 8.60. The van der Waals surface area contributed by atoms with E-state index in [0.29, 0.717) is 40.9 Å². The van der Waals surface area contributed by atoms with Crippen molar-refractivity contribution < 1.29 is 19.2 Å². The van der Waals surface area contributed by atoms with Crippen LogP contribution in [0.4, 0.5) is 5.69 Å². The van der Waals surface area contributed by atoms with Crippen molar-refractivity contribution in [1.29, 1.82) is 0 Å². The molecule has 36 heavy (non-hydrogen) atoms. The predicted molar refractivity (Wildman–Crippen MR) is 136 cm³/mol. The normalized spacial score (nSPS) is 27.4. The summed E-state index contributed by atoms with van der Waals surface area (Å²) in [6.45, 7) is 0.470. The van der Waals surface area contributed by atoms with Crippen LogP contribution in [0, 0.1) is 5.92 Å². The van der Waals surface area contributed by atoms with E-state index in [1.165, 1.54) is 0 Å². The summed E-state index contributed by atoms with van der Waals surface area (Å²) in [5.74, 6) is -2.63. The summed E-state index contributed by atoms with van der Waals surface area (Å²) >= 11 is 3.41. The summed E-state index contributed by atoms with van der Waals surface area (Å²) in [6.07, 6.45) is 1.35. The lowest BCUT2D eigenvalue weighted by atomic mass is 9.60. The Morgan fingerprint density at radius 3 is 2.22 bits per heavy atom. The van der Waals surface area contributed by atoms with Crippen LogP contribution in [0.1, 0.15) is 49.5 Å². The monoisotopic (exact) mass is 540 g/mol. The van der Waals surface area contributed by atoms with Crippen LogP contribution < -0.4 is 5.32 Å². The Kier molecular flexibility index (Phi) is 4.43. The maximum atomic E-state index is 14.6. The molecule has 1 aliphatic carbocycles. The Balaban J connectivity index is 1.57. The molecule has 2 fully saturated rings. The first-order valence-corrected chi connectivity index (χ1v) is 12.9. The highest BCUT2D eigenvalue weighted by Crippen LogP contribution is 2.63. The van der Waals surface area contributed by atoms with E-state index < -0.39 is 22.9 Å². The van der Waals surface area contributed by atoms with Gasteiger partial charge in [0.05, 0.1) is 5.92 Å². The largest absolute Gasteiger partial charge is 0.325 e. The fourth-order valence-electron chi connectivity index (χ4n) is 7.36. The van der Waals surface area contributed by atoms with Crippen LogP contribution in [0.3, 0.4) is 0 Å². The van der Waals surface area contributed by atoms with Crippen molar-refractivity contribution >= 4 is 44.9 Å². The van der Waals surface area contributed by atoms with Crippen molar-refractivity contribution in [2.45, 2.75) is 29.8 Å². The molecular formula is C29H21BrN2O4. The SMILES string of the molecule is O=C(c1ccc(Br)cc1)[C@H]1C2(C(=O)c3ccccc3C2=O)N2CCC[C@@H]2[C@@]12C(=O)Nc1ccccc12. The molecule has 0 aromatic heterocycles. The number of benzene rings is 3. The average molecular weight is 541 g/mol. The molecule has 0 radical (unpaired) electrons. The molecular weight excluding hydrogens is 520 g/mol. The molecule has 3 aromatic rings. The second-order valence-corrected chi connectivity index (χ2v) is 10.9. The summed E-state index contributed by atoms with van der Waals surface area (Å²) in [6, 6.07) is 20.6. The molecule has 3 aliphatic heterocycles. The van der Waals surface area contributed by atoms with Crippen LogP contribution in [0.5, 0.6) is 0 Å². The van der Waals surface area contributed by atoms with Gasteiger partial charge in [0.2, 0.25) is 5.91 Å². The molecule has 3 heterocycles. The fraction of sp³-hybridized carbons (Fsp3) is 0.241. The van der Waals surface area contributed by atoms with Crippen LogP contribution in [0.25, 0.3) is 0 Å². The van der Waals surface area contributed by atoms with Gasteiger partial charge in [-0.15, -0.1) is 0 Å². The Morgan fingerprint density at radius 1 is 0.889 bits per heavy atom. The molecule has 2 spiro atoms. The molecule has 0 saturated carbocycles. The van der Waals surface area contributed by atoms with E-state index in [1.807, 2.05) is 29.2 Å². The number of nitrogens with one attached hydrogen (secondary N) is 1. The van der Waals surface area contributed by atoms with Gasteiger partial charge in [-0.1, -0.05) is 70.5 Å². The lowest BCUT2D eigenvalue weighted by molar-refractivity contribution is -0.122. The number of carbonyl (C=O) groups excluding carboxylic acids is 4. The number of nitrogens with zero attached hydrogens (tertiary/aromatic N) is 1. The van der Waals surface area contributed by atoms with Crippen molar-refractivity contribution in [3.05, 3.63) is 99.5 Å². The number of halogens is 1. The zero-order valence-electron chi connectivity index (χ0n) is 19.2. The van der Waals surface area contributed by atoms with Crippen LogP contribution in [-0.4, -0.2) is 46.3 Å². The van der Waals surface area contributed by atoms with E-state index in [0.717, 1.165) is 10.9 Å². The van der Waals surface area contributed by atoms with E-state index in [1.54, 1.807) is 48.5 Å². The number of hydrogen-bond donors (Lipinski definition) is 1. The lowest BCUT2D eigenvalue weighted by Crippen LogP contribution is -2.60. The summed E-state index contributed by atoms with van der Waals surface area (Å²) < 4.78 is 0.805. The van der Waals surface area contributed by atoms with Crippen molar-refractivity contribution in [3.8, 4) is 0 Å². The van der Waals surface area contributed by atoms with Crippen LogP contribution >= 0.6 is 15.9 Å². The second-order valence-electron chi connectivity index (χ2n) is 9.99. The molecule has 4 aliphatic rings. The van der Waals surface area contributed by atoms with E-state index in [9.17, 15) is 19.2 Å². The zero-order valence-corrected chi connectivity index (χ0v) is 20.7. The molecule has 7 rings (SSSR count). The topological polar surface area (TPSA) is 83.6 Å². The molecule has 7 heteroatoms. The fourth-order valence-corrected chi connectivity index (χ4v) is 7.63. The maximum absolute atomic E-state index is 14.6. The van der Waals surface area contributed by atoms with Crippen molar-refractivity contribution in [1.82, 2.24) is 4.90 Å². The molecule has 178 valence electrons. The molecule has 3 aromatic carbocycles. The van der Waals surface area contributed by atoms with Gasteiger partial charge in [-0.05, 0) is 43.1 Å². The summed E-state index contributed by atoms with van der Waals surface area (Å²) in [5, 5.41) is 3.00. The van der Waals surface area contributed by atoms with Gasteiger partial charge in [0, 0.05) is 32.9 Å². The quantitative estimate of drug-likeness (QED) is 0.384. The van der Waals surface area contributed by atoms with Gasteiger partial charge < -0.3 is 5.32 Å². The van der Waals surface area contributed by atoms with Gasteiger partial charge in [-0.3, -0.25) is 24.1 Å². The third-order valence-corrected chi connectivity index (χ3v) is 9.13. The molecule has 1 amide bonds. The molecule has 0 unspecified atom stereocenters. The van der Waals surface area contributed by atoms with Gasteiger partial charge in [-0.25, -0.2) is 0 Å². The number of Topliss-reactive ketones (excluding diaryl/α,β-unsaturated/α-hetero) is 3. The van der Waals surface area contributed by atoms with E-state index in [2.05, 4.69) is 21.2 Å². The number of para-hydroxylation sites is 1. The Labute approximate surface area is 215 Å². The van der Waals surface area contributed by atoms with Crippen LogP contribution in [0.2, 0.25) is 0 Å². The minimum Gasteiger partial charge on any atom is -0.325 e. The minimum absolute atomic E-state index is 0.315. The predicted octanol–water partition coefficient (Wildman–Crippen LogP) is 4.43. The van der Waals surface area contributed by atoms with E-state index >= 15 is 0 Å². The van der Waals surface area contributed by atoms with Crippen molar-refractivity contribution in [3.63, 3.8) is 0 Å². The number of fused-ring (bicyclic) bond motifs is 6. The lowest BCUT2D eigenvalue weighted by Gasteiger charge is -2.37. The third kappa shape index (κ3) is 2.36. The van der Waals surface area contributed by atoms with Gasteiger partial charge in [-0.2, -0.15) is 0 Å². The first-order valence-electron chi connectivity index (χ1n) is 12.1. The number of ketones is 3. The number of anilines is 1. The van der Waals surface area contributed by atoms with Gasteiger partial charge in [0.15, 0.2) is 22.9 Å². The summed E-state index contributed by atoms with van der Waals surface area (Å²) in [5.41, 5.74) is -0.770. The highest BCUT2D eigenvalue weighted by molar-refractivity contribution is 9.10. The van der Waals surface area contributed by atoms with Gasteiger partial charge in [0.25, 0.3) is 0 Å². The number of rotatable bonds is 2. The molecule has 3 atom stereocenters. The van der Waals surface area contributed by atoms with Crippen molar-refractivity contribution in [2.24, 2.45) is 5.92 Å². The number of hydrogen-bond acceptors (Lipinski definition) is 5. The maximum Gasteiger partial charge on any atom is 0.237 e. The van der Waals surface area contributed by atoms with Gasteiger partial charge in [0.1, 0.15) is 5.41 Å². The summed E-state index contributed by atoms with van der Waals surface area (Å²) in [7, 11) is 0. The number of amides is 1. The van der Waals surface area contributed by atoms with Gasteiger partial charge >= 0.3 is 0 Å².